The zero-order valence-electron chi connectivity index (χ0n) is 10.2. The van der Waals surface area contributed by atoms with Gasteiger partial charge in [-0.05, 0) is 36.8 Å². The first-order valence-electron chi connectivity index (χ1n) is 6.57. The van der Waals surface area contributed by atoms with Crippen LogP contribution in [0.2, 0.25) is 0 Å². The van der Waals surface area contributed by atoms with Crippen LogP contribution in [-0.4, -0.2) is 12.1 Å². The van der Waals surface area contributed by atoms with Crippen LogP contribution < -0.4 is 4.90 Å². The third-order valence-electron chi connectivity index (χ3n) is 5.83. The van der Waals surface area contributed by atoms with E-state index in [2.05, 4.69) is 43.0 Å². The van der Waals surface area contributed by atoms with Crippen LogP contribution in [0.4, 0.5) is 5.69 Å². The molecule has 16 heavy (non-hydrogen) atoms. The van der Waals surface area contributed by atoms with Gasteiger partial charge in [-0.25, -0.2) is 0 Å². The third kappa shape index (κ3) is 0.669. The maximum absolute atomic E-state index is 2.73. The van der Waals surface area contributed by atoms with Crippen LogP contribution in [-0.2, 0) is 5.41 Å². The molecule has 0 unspecified atom stereocenters. The van der Waals surface area contributed by atoms with Crippen LogP contribution in [0, 0.1) is 5.92 Å². The number of rotatable bonds is 0. The maximum Gasteiger partial charge on any atom is 0.0523 e. The molecule has 0 bridgehead atoms. The number of hydrogen-bond acceptors (Lipinski definition) is 1. The first-order valence-corrected chi connectivity index (χ1v) is 6.57. The molecule has 1 saturated carbocycles. The van der Waals surface area contributed by atoms with E-state index in [-0.39, 0.29) is 0 Å². The summed E-state index contributed by atoms with van der Waals surface area (Å²) in [5, 5.41) is 0. The van der Waals surface area contributed by atoms with Crippen molar-refractivity contribution in [3.63, 3.8) is 0 Å². The number of fused-ring (bicyclic) bond motifs is 3. The topological polar surface area (TPSA) is 3.24 Å². The Morgan fingerprint density at radius 1 is 1.25 bits per heavy atom. The van der Waals surface area contributed by atoms with Crippen LogP contribution in [0.15, 0.2) is 24.3 Å². The van der Waals surface area contributed by atoms with Gasteiger partial charge in [0.2, 0.25) is 0 Å². The van der Waals surface area contributed by atoms with Crippen molar-refractivity contribution in [3.8, 4) is 0 Å². The molecule has 0 N–H and O–H groups in total. The van der Waals surface area contributed by atoms with E-state index in [0.29, 0.717) is 11.0 Å². The first kappa shape index (κ1) is 9.09. The molecule has 2 aliphatic heterocycles. The summed E-state index contributed by atoms with van der Waals surface area (Å²) in [5.41, 5.74) is 4.08. The lowest BCUT2D eigenvalue weighted by molar-refractivity contribution is 0.0768. The molecule has 1 spiro atoms. The van der Waals surface area contributed by atoms with Crippen molar-refractivity contribution in [2.75, 3.05) is 11.4 Å². The molecule has 1 heteroatoms. The Morgan fingerprint density at radius 2 is 2.06 bits per heavy atom. The van der Waals surface area contributed by atoms with E-state index in [1.54, 1.807) is 5.56 Å². The van der Waals surface area contributed by atoms with Crippen LogP contribution in [0.1, 0.15) is 38.7 Å². The monoisotopic (exact) mass is 213 g/mol. The predicted octanol–water partition coefficient (Wildman–Crippen LogP) is 3.34. The van der Waals surface area contributed by atoms with Crippen LogP contribution >= 0.6 is 0 Å². The quantitative estimate of drug-likeness (QED) is 0.639. The Hall–Kier alpha value is -0.980. The summed E-state index contributed by atoms with van der Waals surface area (Å²) < 4.78 is 0. The summed E-state index contributed by atoms with van der Waals surface area (Å²) >= 11 is 0. The fourth-order valence-corrected chi connectivity index (χ4v) is 4.89. The first-order chi connectivity index (χ1) is 7.70. The second kappa shape index (κ2) is 2.47. The molecule has 0 aromatic heterocycles. The summed E-state index contributed by atoms with van der Waals surface area (Å²) in [4.78, 5) is 2.73. The van der Waals surface area contributed by atoms with Gasteiger partial charge in [-0.2, -0.15) is 0 Å². The molecule has 84 valence electrons. The van der Waals surface area contributed by atoms with Gasteiger partial charge >= 0.3 is 0 Å². The molecule has 2 heterocycles. The van der Waals surface area contributed by atoms with Gasteiger partial charge in [0.25, 0.3) is 0 Å². The summed E-state index contributed by atoms with van der Waals surface area (Å²) in [7, 11) is 0. The van der Waals surface area contributed by atoms with Crippen molar-refractivity contribution in [2.45, 2.75) is 44.1 Å². The minimum absolute atomic E-state index is 0.444. The maximum atomic E-state index is 2.73. The van der Waals surface area contributed by atoms with E-state index in [1.807, 2.05) is 0 Å². The fourth-order valence-electron chi connectivity index (χ4n) is 4.89. The predicted molar refractivity (Wildman–Crippen MR) is 66.9 cm³/mol. The van der Waals surface area contributed by atoms with Crippen molar-refractivity contribution in [2.24, 2.45) is 5.92 Å². The molecule has 1 nitrogen and oxygen atoms in total. The number of benzene rings is 1. The van der Waals surface area contributed by atoms with Gasteiger partial charge < -0.3 is 4.90 Å². The van der Waals surface area contributed by atoms with Crippen LogP contribution in [0.3, 0.4) is 0 Å². The van der Waals surface area contributed by atoms with Crippen molar-refractivity contribution in [1.82, 2.24) is 0 Å². The minimum Gasteiger partial charge on any atom is -0.364 e. The van der Waals surface area contributed by atoms with Gasteiger partial charge in [-0.15, -0.1) is 0 Å². The molecule has 0 radical (unpaired) electrons. The second-order valence-electron chi connectivity index (χ2n) is 6.11. The zero-order chi connectivity index (χ0) is 11.0. The molecule has 3 atom stereocenters. The van der Waals surface area contributed by atoms with Crippen molar-refractivity contribution in [1.29, 1.82) is 0 Å². The van der Waals surface area contributed by atoms with E-state index in [1.165, 1.54) is 31.5 Å². The molecule has 1 aromatic carbocycles. The number of hydrogen-bond donors (Lipinski definition) is 0. The Balaban J connectivity index is 2.00. The van der Waals surface area contributed by atoms with Gasteiger partial charge in [0.1, 0.15) is 0 Å². The molecular weight excluding hydrogens is 194 g/mol. The molecule has 0 amide bonds. The molecule has 4 rings (SSSR count). The van der Waals surface area contributed by atoms with E-state index in [0.717, 1.165) is 5.92 Å². The van der Waals surface area contributed by atoms with E-state index in [4.69, 9.17) is 0 Å². The lowest BCUT2D eigenvalue weighted by atomic mass is 9.51. The average molecular weight is 213 g/mol. The SMILES string of the molecule is C[C@H]1CCN2c3ccccc3[C@@]3(C)CC[C@@]123. The van der Waals surface area contributed by atoms with Crippen molar-refractivity contribution < 1.29 is 0 Å². The van der Waals surface area contributed by atoms with Gasteiger partial charge in [-0.3, -0.25) is 0 Å². The molecule has 3 aliphatic rings. The van der Waals surface area contributed by atoms with E-state index >= 15 is 0 Å². The standard InChI is InChI=1S/C15H19N/c1-11-7-10-16-13-6-4-3-5-12(13)14(2)8-9-15(11,14)16/h3-6,11H,7-10H2,1-2H3/t11-,14+,15-/m0/s1. The number of para-hydroxylation sites is 1. The largest absolute Gasteiger partial charge is 0.364 e. The molecular formula is C15H19N. The Labute approximate surface area is 97.5 Å². The summed E-state index contributed by atoms with van der Waals surface area (Å²) in [5.74, 6) is 0.860. The second-order valence-corrected chi connectivity index (χ2v) is 6.11. The highest BCUT2D eigenvalue weighted by atomic mass is 15.3. The highest BCUT2D eigenvalue weighted by molar-refractivity contribution is 5.70. The van der Waals surface area contributed by atoms with E-state index in [9.17, 15) is 0 Å². The third-order valence-corrected chi connectivity index (χ3v) is 5.83. The Morgan fingerprint density at radius 3 is 2.81 bits per heavy atom. The summed E-state index contributed by atoms with van der Waals surface area (Å²) in [6.45, 7) is 6.23. The Bertz CT molecular complexity index is 466. The van der Waals surface area contributed by atoms with Gasteiger partial charge in [0.15, 0.2) is 0 Å². The smallest absolute Gasteiger partial charge is 0.0523 e. The van der Waals surface area contributed by atoms with Crippen LogP contribution in [0.5, 0.6) is 0 Å². The van der Waals surface area contributed by atoms with Gasteiger partial charge in [-0.1, -0.05) is 32.0 Å². The number of anilines is 1. The number of nitrogens with zero attached hydrogens (tertiary/aromatic N) is 1. The summed E-state index contributed by atoms with van der Waals surface area (Å²) in [6.07, 6.45) is 4.16. The van der Waals surface area contributed by atoms with Crippen molar-refractivity contribution >= 4 is 5.69 Å². The molecule has 1 aromatic rings. The van der Waals surface area contributed by atoms with Gasteiger partial charge in [0.05, 0.1) is 5.54 Å². The van der Waals surface area contributed by atoms with Crippen molar-refractivity contribution in [3.05, 3.63) is 29.8 Å². The highest BCUT2D eigenvalue weighted by Gasteiger charge is 2.68. The lowest BCUT2D eigenvalue weighted by Gasteiger charge is -2.57. The lowest BCUT2D eigenvalue weighted by Crippen LogP contribution is -2.64. The highest BCUT2D eigenvalue weighted by Crippen LogP contribution is 2.68. The molecule has 1 saturated heterocycles. The summed E-state index contributed by atoms with van der Waals surface area (Å²) in [6, 6.07) is 9.10. The Kier molecular flexibility index (Phi) is 1.40. The molecule has 1 aliphatic carbocycles. The average Bonchev–Trinajstić information content (AvgIpc) is 2.71. The zero-order valence-corrected chi connectivity index (χ0v) is 10.2. The minimum atomic E-state index is 0.444. The normalized spacial score (nSPS) is 43.6. The van der Waals surface area contributed by atoms with Gasteiger partial charge in [0, 0.05) is 17.6 Å². The fraction of sp³-hybridized carbons (Fsp3) is 0.600. The van der Waals surface area contributed by atoms with E-state index < -0.39 is 0 Å². The molecule has 2 fully saturated rings. The van der Waals surface area contributed by atoms with Crippen LogP contribution in [0.25, 0.3) is 0 Å².